The zero-order valence-corrected chi connectivity index (χ0v) is 14.6. The molecule has 0 spiro atoms. The van der Waals surface area contributed by atoms with Gasteiger partial charge in [-0.05, 0) is 58.2 Å². The molecule has 21 heavy (non-hydrogen) atoms. The molecule has 0 aromatic heterocycles. The van der Waals surface area contributed by atoms with E-state index >= 15 is 0 Å². The van der Waals surface area contributed by atoms with E-state index in [2.05, 4.69) is 21.2 Å². The highest BCUT2D eigenvalue weighted by atomic mass is 79.9. The largest absolute Gasteiger partial charge is 0.394 e. The van der Waals surface area contributed by atoms with E-state index < -0.39 is 5.54 Å². The molecule has 0 saturated heterocycles. The zero-order valence-electron chi connectivity index (χ0n) is 11.5. The molecule has 2 aromatic carbocycles. The minimum absolute atomic E-state index is 0.0224. The Balaban J connectivity index is 2.37. The molecule has 2 rings (SSSR count). The lowest BCUT2D eigenvalue weighted by Crippen LogP contribution is -2.38. The van der Waals surface area contributed by atoms with Crippen molar-refractivity contribution in [2.75, 3.05) is 11.9 Å². The second kappa shape index (κ2) is 7.01. The minimum atomic E-state index is -0.558. The maximum Gasteiger partial charge on any atom is 0.0854 e. The maximum absolute atomic E-state index is 9.95. The number of hydrogen-bond donors (Lipinski definition) is 2. The molecule has 0 saturated carbocycles. The fourth-order valence-electron chi connectivity index (χ4n) is 2.23. The Kier molecular flexibility index (Phi) is 5.55. The van der Waals surface area contributed by atoms with Crippen LogP contribution in [-0.2, 0) is 5.54 Å². The summed E-state index contributed by atoms with van der Waals surface area (Å²) in [5.41, 5.74) is 1.32. The molecule has 0 amide bonds. The molecular weight excluding hydrogens is 373 g/mol. The summed E-state index contributed by atoms with van der Waals surface area (Å²) in [5, 5.41) is 14.7. The molecule has 0 bridgehead atoms. The van der Waals surface area contributed by atoms with E-state index in [4.69, 9.17) is 23.2 Å². The quantitative estimate of drug-likeness (QED) is 0.712. The van der Waals surface area contributed by atoms with Gasteiger partial charge in [0.05, 0.1) is 17.2 Å². The number of hydrogen-bond acceptors (Lipinski definition) is 2. The first-order chi connectivity index (χ1) is 10.0. The minimum Gasteiger partial charge on any atom is -0.394 e. The molecule has 5 heteroatoms. The summed E-state index contributed by atoms with van der Waals surface area (Å²) < 4.78 is 0.813. The molecule has 2 N–H and O–H groups in total. The monoisotopic (exact) mass is 387 g/mol. The molecule has 0 aliphatic heterocycles. The summed E-state index contributed by atoms with van der Waals surface area (Å²) in [6, 6.07) is 13.1. The van der Waals surface area contributed by atoms with Crippen molar-refractivity contribution >= 4 is 44.8 Å². The summed E-state index contributed by atoms with van der Waals surface area (Å²) in [4.78, 5) is 0. The molecular formula is C16H16BrCl2NO. The highest BCUT2D eigenvalue weighted by Crippen LogP contribution is 2.33. The standard InChI is InChI=1S/C16H16BrCl2NO/c1-2-16(10-21,11-3-5-12(18)6-4-11)20-13-7-8-15(19)14(17)9-13/h3-9,20-21H,2,10H2,1H3. The number of nitrogens with one attached hydrogen (secondary N) is 1. The Morgan fingerprint density at radius 2 is 1.81 bits per heavy atom. The number of benzene rings is 2. The Morgan fingerprint density at radius 3 is 2.33 bits per heavy atom. The molecule has 0 radical (unpaired) electrons. The molecule has 1 atom stereocenters. The van der Waals surface area contributed by atoms with E-state index in [1.165, 1.54) is 0 Å². The van der Waals surface area contributed by atoms with Crippen molar-refractivity contribution in [3.05, 3.63) is 62.5 Å². The Morgan fingerprint density at radius 1 is 1.14 bits per heavy atom. The first-order valence-corrected chi connectivity index (χ1v) is 8.16. The van der Waals surface area contributed by atoms with Gasteiger partial charge in [0, 0.05) is 15.2 Å². The fraction of sp³-hybridized carbons (Fsp3) is 0.250. The summed E-state index contributed by atoms with van der Waals surface area (Å²) in [6.45, 7) is 2.01. The zero-order chi connectivity index (χ0) is 15.5. The lowest BCUT2D eigenvalue weighted by atomic mass is 9.87. The van der Waals surface area contributed by atoms with E-state index in [0.717, 1.165) is 22.1 Å². The summed E-state index contributed by atoms with van der Waals surface area (Å²) in [5.74, 6) is 0. The fourth-order valence-corrected chi connectivity index (χ4v) is 2.85. The van der Waals surface area contributed by atoms with Gasteiger partial charge in [0.2, 0.25) is 0 Å². The Labute approximate surface area is 143 Å². The van der Waals surface area contributed by atoms with Gasteiger partial charge in [-0.25, -0.2) is 0 Å². The second-order valence-electron chi connectivity index (χ2n) is 4.85. The van der Waals surface area contributed by atoms with Crippen LogP contribution >= 0.6 is 39.1 Å². The third-order valence-electron chi connectivity index (χ3n) is 3.57. The van der Waals surface area contributed by atoms with E-state index in [-0.39, 0.29) is 6.61 Å². The second-order valence-corrected chi connectivity index (χ2v) is 6.55. The smallest absolute Gasteiger partial charge is 0.0854 e. The van der Waals surface area contributed by atoms with Crippen molar-refractivity contribution in [2.24, 2.45) is 0 Å². The number of aliphatic hydroxyl groups excluding tert-OH is 1. The van der Waals surface area contributed by atoms with Crippen LogP contribution in [-0.4, -0.2) is 11.7 Å². The Hall–Kier alpha value is -0.740. The summed E-state index contributed by atoms with van der Waals surface area (Å²) in [7, 11) is 0. The third-order valence-corrected chi connectivity index (χ3v) is 5.04. The summed E-state index contributed by atoms with van der Waals surface area (Å²) >= 11 is 15.4. The predicted octanol–water partition coefficient (Wildman–Crippen LogP) is 5.47. The van der Waals surface area contributed by atoms with Crippen molar-refractivity contribution < 1.29 is 5.11 Å². The van der Waals surface area contributed by atoms with Crippen molar-refractivity contribution in [1.29, 1.82) is 0 Å². The lowest BCUT2D eigenvalue weighted by molar-refractivity contribution is 0.207. The topological polar surface area (TPSA) is 32.3 Å². The SMILES string of the molecule is CCC(CO)(Nc1ccc(Cl)c(Br)c1)c1ccc(Cl)cc1. The number of aliphatic hydroxyl groups is 1. The van der Waals surface area contributed by atoms with E-state index in [1.807, 2.05) is 49.4 Å². The number of anilines is 1. The number of halogens is 3. The Bertz CT molecular complexity index is 612. The average Bonchev–Trinajstić information content (AvgIpc) is 2.49. The van der Waals surface area contributed by atoms with Crippen LogP contribution in [0, 0.1) is 0 Å². The van der Waals surface area contributed by atoms with E-state index in [9.17, 15) is 5.11 Å². The van der Waals surface area contributed by atoms with Gasteiger partial charge in [-0.3, -0.25) is 0 Å². The van der Waals surface area contributed by atoms with Gasteiger partial charge in [0.15, 0.2) is 0 Å². The van der Waals surface area contributed by atoms with Crippen LogP contribution in [0.2, 0.25) is 10.0 Å². The van der Waals surface area contributed by atoms with Crippen LogP contribution in [0.15, 0.2) is 46.9 Å². The van der Waals surface area contributed by atoms with Crippen LogP contribution in [0.3, 0.4) is 0 Å². The van der Waals surface area contributed by atoms with Gasteiger partial charge in [-0.2, -0.15) is 0 Å². The van der Waals surface area contributed by atoms with E-state index in [1.54, 1.807) is 0 Å². The lowest BCUT2D eigenvalue weighted by Gasteiger charge is -2.34. The van der Waals surface area contributed by atoms with Crippen LogP contribution in [0.4, 0.5) is 5.69 Å². The van der Waals surface area contributed by atoms with Gasteiger partial charge in [0.25, 0.3) is 0 Å². The van der Waals surface area contributed by atoms with Crippen molar-refractivity contribution in [2.45, 2.75) is 18.9 Å². The third kappa shape index (κ3) is 3.72. The van der Waals surface area contributed by atoms with Crippen molar-refractivity contribution in [3.8, 4) is 0 Å². The van der Waals surface area contributed by atoms with Gasteiger partial charge in [-0.15, -0.1) is 0 Å². The van der Waals surface area contributed by atoms with Gasteiger partial charge < -0.3 is 10.4 Å². The van der Waals surface area contributed by atoms with Gasteiger partial charge in [0.1, 0.15) is 0 Å². The molecule has 0 heterocycles. The normalized spacial score (nSPS) is 13.8. The maximum atomic E-state index is 9.95. The molecule has 2 nitrogen and oxygen atoms in total. The predicted molar refractivity (Wildman–Crippen MR) is 93.3 cm³/mol. The van der Waals surface area contributed by atoms with Crippen molar-refractivity contribution in [1.82, 2.24) is 0 Å². The molecule has 0 aliphatic carbocycles. The van der Waals surface area contributed by atoms with Crippen LogP contribution in [0.25, 0.3) is 0 Å². The first-order valence-electron chi connectivity index (χ1n) is 6.61. The van der Waals surface area contributed by atoms with Crippen LogP contribution < -0.4 is 5.32 Å². The van der Waals surface area contributed by atoms with Crippen LogP contribution in [0.1, 0.15) is 18.9 Å². The summed E-state index contributed by atoms with van der Waals surface area (Å²) in [6.07, 6.45) is 0.728. The molecule has 112 valence electrons. The van der Waals surface area contributed by atoms with E-state index in [0.29, 0.717) is 10.0 Å². The molecule has 2 aromatic rings. The average molecular weight is 389 g/mol. The molecule has 0 aliphatic rings. The van der Waals surface area contributed by atoms with Gasteiger partial charge >= 0.3 is 0 Å². The number of rotatable bonds is 5. The first kappa shape index (κ1) is 16.6. The van der Waals surface area contributed by atoms with Gasteiger partial charge in [-0.1, -0.05) is 42.3 Å². The van der Waals surface area contributed by atoms with Crippen molar-refractivity contribution in [3.63, 3.8) is 0 Å². The highest BCUT2D eigenvalue weighted by molar-refractivity contribution is 9.10. The molecule has 1 unspecified atom stereocenters. The highest BCUT2D eigenvalue weighted by Gasteiger charge is 2.29. The van der Waals surface area contributed by atoms with Crippen LogP contribution in [0.5, 0.6) is 0 Å². The molecule has 0 fully saturated rings.